The van der Waals surface area contributed by atoms with Crippen molar-refractivity contribution in [1.29, 1.82) is 0 Å². The number of aldehydes is 1. The van der Waals surface area contributed by atoms with Crippen LogP contribution in [0.5, 0.6) is 0 Å². The number of anilines is 1. The van der Waals surface area contributed by atoms with Crippen molar-refractivity contribution in [2.45, 2.75) is 32.5 Å². The van der Waals surface area contributed by atoms with Crippen molar-refractivity contribution in [3.63, 3.8) is 0 Å². The summed E-state index contributed by atoms with van der Waals surface area (Å²) in [7, 11) is 0. The van der Waals surface area contributed by atoms with Gasteiger partial charge in [0.05, 0.1) is 18.8 Å². The van der Waals surface area contributed by atoms with E-state index in [4.69, 9.17) is 4.74 Å². The highest BCUT2D eigenvalue weighted by Crippen LogP contribution is 2.12. The van der Waals surface area contributed by atoms with Gasteiger partial charge in [-0.2, -0.15) is 0 Å². The van der Waals surface area contributed by atoms with E-state index >= 15 is 0 Å². The molecule has 1 atom stereocenters. The Morgan fingerprint density at radius 1 is 1.42 bits per heavy atom. The summed E-state index contributed by atoms with van der Waals surface area (Å²) in [5.41, 5.74) is 0.526. The predicted molar refractivity (Wildman–Crippen MR) is 71.7 cm³/mol. The van der Waals surface area contributed by atoms with E-state index in [0.29, 0.717) is 12.9 Å². The van der Waals surface area contributed by atoms with Crippen LogP contribution in [0.3, 0.4) is 0 Å². The lowest BCUT2D eigenvalue weighted by molar-refractivity contribution is -0.115. The van der Waals surface area contributed by atoms with E-state index in [0.717, 1.165) is 11.3 Å². The zero-order valence-corrected chi connectivity index (χ0v) is 11.2. The van der Waals surface area contributed by atoms with Crippen LogP contribution in [0.2, 0.25) is 0 Å². The maximum atomic E-state index is 10.8. The van der Waals surface area contributed by atoms with Gasteiger partial charge in [-0.3, -0.25) is 4.79 Å². The second-order valence-corrected chi connectivity index (χ2v) is 4.74. The molecule has 0 fully saturated rings. The van der Waals surface area contributed by atoms with Gasteiger partial charge in [0.25, 0.3) is 0 Å². The van der Waals surface area contributed by atoms with Crippen molar-refractivity contribution in [3.8, 4) is 0 Å². The summed E-state index contributed by atoms with van der Waals surface area (Å²) in [4.78, 5) is 21.2. The Bertz CT molecular complexity index is 426. The van der Waals surface area contributed by atoms with Gasteiger partial charge in [-0.15, -0.1) is 0 Å². The molecule has 0 heterocycles. The Balaban J connectivity index is 2.41. The number of amides is 1. The number of aliphatic hydroxyl groups is 1. The molecular formula is C14H19NO4. The number of carbonyl (C=O) groups is 2. The molecule has 0 aliphatic rings. The van der Waals surface area contributed by atoms with Gasteiger partial charge in [-0.25, -0.2) is 0 Å². The smallest absolute Gasteiger partial charge is 0.221 e. The van der Waals surface area contributed by atoms with Crippen molar-refractivity contribution in [3.05, 3.63) is 29.8 Å². The predicted octanol–water partition coefficient (Wildman–Crippen LogP) is 1.50. The molecule has 1 aromatic carbocycles. The molecule has 1 aromatic rings. The minimum atomic E-state index is -1.13. The van der Waals surface area contributed by atoms with Gasteiger partial charge in [0.1, 0.15) is 6.29 Å². The summed E-state index contributed by atoms with van der Waals surface area (Å²) in [5.74, 6) is -0.117. The highest BCUT2D eigenvalue weighted by molar-refractivity contribution is 5.88. The second-order valence-electron chi connectivity index (χ2n) is 4.74. The molecule has 19 heavy (non-hydrogen) atoms. The number of benzene rings is 1. The molecule has 0 spiro atoms. The maximum Gasteiger partial charge on any atom is 0.221 e. The van der Waals surface area contributed by atoms with E-state index in [1.165, 1.54) is 6.92 Å². The van der Waals surface area contributed by atoms with Crippen molar-refractivity contribution in [2.24, 2.45) is 0 Å². The minimum absolute atomic E-state index is 0.0501. The molecule has 5 heteroatoms. The Kier molecular flexibility index (Phi) is 5.66. The molecular weight excluding hydrogens is 246 g/mol. The van der Waals surface area contributed by atoms with Gasteiger partial charge in [0.15, 0.2) is 0 Å². The third-order valence-electron chi connectivity index (χ3n) is 2.48. The lowest BCUT2D eigenvalue weighted by Gasteiger charge is -2.20. The summed E-state index contributed by atoms with van der Waals surface area (Å²) < 4.78 is 5.36. The summed E-state index contributed by atoms with van der Waals surface area (Å²) >= 11 is 0. The molecule has 0 radical (unpaired) electrons. The van der Waals surface area contributed by atoms with Crippen molar-refractivity contribution in [1.82, 2.24) is 0 Å². The molecule has 0 aliphatic carbocycles. The zero-order chi connectivity index (χ0) is 14.3. The summed E-state index contributed by atoms with van der Waals surface area (Å²) in [6.45, 7) is 3.45. The number of hydrogen-bond acceptors (Lipinski definition) is 4. The molecule has 0 aliphatic heterocycles. The molecule has 0 unspecified atom stereocenters. The largest absolute Gasteiger partial charge is 0.387 e. The Labute approximate surface area is 112 Å². The van der Waals surface area contributed by atoms with E-state index in [-0.39, 0.29) is 18.9 Å². The molecule has 104 valence electrons. The molecule has 1 rings (SSSR count). The van der Waals surface area contributed by atoms with Crippen LogP contribution >= 0.6 is 0 Å². The van der Waals surface area contributed by atoms with E-state index < -0.39 is 5.60 Å². The summed E-state index contributed by atoms with van der Waals surface area (Å²) in [6, 6.07) is 7.23. The third-order valence-corrected chi connectivity index (χ3v) is 2.48. The van der Waals surface area contributed by atoms with Crippen LogP contribution < -0.4 is 5.32 Å². The number of nitrogens with one attached hydrogen (secondary N) is 1. The minimum Gasteiger partial charge on any atom is -0.387 e. The fourth-order valence-corrected chi connectivity index (χ4v) is 1.51. The quantitative estimate of drug-likeness (QED) is 0.733. The number of carbonyl (C=O) groups excluding carboxylic acids is 2. The van der Waals surface area contributed by atoms with E-state index in [2.05, 4.69) is 5.32 Å². The monoisotopic (exact) mass is 265 g/mol. The molecule has 2 N–H and O–H groups in total. The Morgan fingerprint density at radius 3 is 2.58 bits per heavy atom. The topological polar surface area (TPSA) is 75.6 Å². The maximum absolute atomic E-state index is 10.8. The summed E-state index contributed by atoms with van der Waals surface area (Å²) in [5, 5.41) is 12.4. The highest BCUT2D eigenvalue weighted by atomic mass is 16.5. The van der Waals surface area contributed by atoms with E-state index in [9.17, 15) is 14.7 Å². The van der Waals surface area contributed by atoms with Gasteiger partial charge in [0.2, 0.25) is 5.91 Å². The summed E-state index contributed by atoms with van der Waals surface area (Å²) in [6.07, 6.45) is 0.722. The normalized spacial score (nSPS) is 13.6. The van der Waals surface area contributed by atoms with Gasteiger partial charge in [-0.05, 0) is 24.6 Å². The number of hydrogen-bond donors (Lipinski definition) is 2. The van der Waals surface area contributed by atoms with Crippen LogP contribution in [-0.2, 0) is 20.9 Å². The first-order chi connectivity index (χ1) is 8.93. The zero-order valence-electron chi connectivity index (χ0n) is 11.2. The first-order valence-corrected chi connectivity index (χ1v) is 6.03. The van der Waals surface area contributed by atoms with Crippen molar-refractivity contribution in [2.75, 3.05) is 11.9 Å². The molecule has 5 nitrogen and oxygen atoms in total. The van der Waals surface area contributed by atoms with Crippen molar-refractivity contribution >= 4 is 17.9 Å². The van der Waals surface area contributed by atoms with E-state index in [1.54, 1.807) is 19.1 Å². The third kappa shape index (κ3) is 6.13. The molecule has 0 bridgehead atoms. The molecule has 1 amide bonds. The SMILES string of the molecule is CC(=O)Nc1ccc(COC[C@](C)(O)CC=O)cc1. The Morgan fingerprint density at radius 2 is 2.05 bits per heavy atom. The van der Waals surface area contributed by atoms with Crippen LogP contribution in [0.25, 0.3) is 0 Å². The highest BCUT2D eigenvalue weighted by Gasteiger charge is 2.19. The van der Waals surface area contributed by atoms with Crippen LogP contribution in [0.15, 0.2) is 24.3 Å². The van der Waals surface area contributed by atoms with Gasteiger partial charge in [-0.1, -0.05) is 12.1 Å². The number of ether oxygens (including phenoxy) is 1. The fourth-order valence-electron chi connectivity index (χ4n) is 1.51. The van der Waals surface area contributed by atoms with E-state index in [1.807, 2.05) is 12.1 Å². The van der Waals surface area contributed by atoms with Crippen LogP contribution in [0.4, 0.5) is 5.69 Å². The molecule has 0 saturated carbocycles. The van der Waals surface area contributed by atoms with Crippen LogP contribution in [0.1, 0.15) is 25.8 Å². The van der Waals surface area contributed by atoms with Crippen LogP contribution in [-0.4, -0.2) is 29.5 Å². The van der Waals surface area contributed by atoms with Gasteiger partial charge in [0, 0.05) is 19.0 Å². The molecule has 0 aromatic heterocycles. The van der Waals surface area contributed by atoms with Crippen molar-refractivity contribution < 1.29 is 19.4 Å². The lowest BCUT2D eigenvalue weighted by atomic mass is 10.1. The average molecular weight is 265 g/mol. The average Bonchev–Trinajstić information content (AvgIpc) is 2.30. The second kappa shape index (κ2) is 7.01. The van der Waals surface area contributed by atoms with Gasteiger partial charge < -0.3 is 20.0 Å². The standard InChI is InChI=1S/C14H19NO4/c1-11(17)15-13-5-3-12(4-6-13)9-19-10-14(2,18)7-8-16/h3-6,8,18H,7,9-10H2,1-2H3,(H,15,17)/t14-/m1/s1. The first-order valence-electron chi connectivity index (χ1n) is 6.03. The first kappa shape index (κ1) is 15.3. The Hall–Kier alpha value is -1.72. The fraction of sp³-hybridized carbons (Fsp3) is 0.429. The lowest BCUT2D eigenvalue weighted by Crippen LogP contribution is -2.30. The molecule has 0 saturated heterocycles. The van der Waals surface area contributed by atoms with Gasteiger partial charge >= 0.3 is 0 Å². The van der Waals surface area contributed by atoms with Crippen LogP contribution in [0, 0.1) is 0 Å². The number of rotatable bonds is 7.